The quantitative estimate of drug-likeness (QED) is 0.858. The number of thiophene rings is 1. The maximum absolute atomic E-state index is 12.2. The molecular weight excluding hydrogens is 254 g/mol. The smallest absolute Gasteiger partial charge is 0.323 e. The van der Waals surface area contributed by atoms with E-state index in [0.717, 1.165) is 0 Å². The highest BCUT2D eigenvalue weighted by atomic mass is 32.1. The highest BCUT2D eigenvalue weighted by molar-refractivity contribution is 7.12. The van der Waals surface area contributed by atoms with Crippen LogP contribution in [0, 0.1) is 5.92 Å². The average Bonchev–Trinajstić information content (AvgIpc) is 2.73. The van der Waals surface area contributed by atoms with Crippen molar-refractivity contribution >= 4 is 23.2 Å². The van der Waals surface area contributed by atoms with Gasteiger partial charge in [0.05, 0.1) is 7.11 Å². The molecule has 1 aromatic heterocycles. The Morgan fingerprint density at radius 1 is 1.50 bits per heavy atom. The van der Waals surface area contributed by atoms with Gasteiger partial charge in [0.2, 0.25) is 0 Å². The molecule has 5 nitrogen and oxygen atoms in total. The fourth-order valence-electron chi connectivity index (χ4n) is 1.58. The minimum atomic E-state index is -1.01. The zero-order valence-corrected chi connectivity index (χ0v) is 11.5. The van der Waals surface area contributed by atoms with Gasteiger partial charge in [-0.1, -0.05) is 13.8 Å². The van der Waals surface area contributed by atoms with E-state index in [4.69, 9.17) is 9.84 Å². The molecule has 0 aliphatic heterocycles. The largest absolute Gasteiger partial charge is 0.495 e. The third-order valence-electron chi connectivity index (χ3n) is 2.24. The Morgan fingerprint density at radius 3 is 2.67 bits per heavy atom. The van der Waals surface area contributed by atoms with E-state index in [9.17, 15) is 9.59 Å². The van der Waals surface area contributed by atoms with Crippen LogP contribution < -0.4 is 4.74 Å². The number of hydrogen-bond donors (Lipinski definition) is 1. The Kier molecular flexibility index (Phi) is 5.15. The van der Waals surface area contributed by atoms with Crippen molar-refractivity contribution in [2.24, 2.45) is 5.92 Å². The van der Waals surface area contributed by atoms with Gasteiger partial charge in [-0.3, -0.25) is 9.59 Å². The van der Waals surface area contributed by atoms with Crippen molar-refractivity contribution in [1.82, 2.24) is 4.90 Å². The second-order valence-electron chi connectivity index (χ2n) is 4.29. The summed E-state index contributed by atoms with van der Waals surface area (Å²) in [6, 6.07) is 1.70. The third kappa shape index (κ3) is 3.73. The maximum Gasteiger partial charge on any atom is 0.323 e. The van der Waals surface area contributed by atoms with E-state index in [1.165, 1.54) is 23.3 Å². The van der Waals surface area contributed by atoms with Crippen molar-refractivity contribution in [2.45, 2.75) is 13.8 Å². The van der Waals surface area contributed by atoms with E-state index < -0.39 is 5.97 Å². The summed E-state index contributed by atoms with van der Waals surface area (Å²) in [6.07, 6.45) is 0. The van der Waals surface area contributed by atoms with E-state index in [1.807, 2.05) is 13.8 Å². The fraction of sp³-hybridized carbons (Fsp3) is 0.500. The molecule has 100 valence electrons. The van der Waals surface area contributed by atoms with E-state index in [-0.39, 0.29) is 18.4 Å². The number of carboxylic acids is 1. The lowest BCUT2D eigenvalue weighted by Crippen LogP contribution is -2.38. The molecule has 0 fully saturated rings. The molecule has 0 aliphatic rings. The molecule has 6 heteroatoms. The summed E-state index contributed by atoms with van der Waals surface area (Å²) in [4.78, 5) is 24.8. The number of methoxy groups -OCH3 is 1. The number of rotatable bonds is 6. The Bertz CT molecular complexity index is 427. The Hall–Kier alpha value is -1.56. The molecule has 18 heavy (non-hydrogen) atoms. The van der Waals surface area contributed by atoms with E-state index in [1.54, 1.807) is 11.4 Å². The Labute approximate surface area is 110 Å². The topological polar surface area (TPSA) is 66.8 Å². The number of hydrogen-bond acceptors (Lipinski definition) is 4. The first-order valence-electron chi connectivity index (χ1n) is 5.58. The third-order valence-corrected chi connectivity index (χ3v) is 3.13. The van der Waals surface area contributed by atoms with Gasteiger partial charge in [0.1, 0.15) is 17.2 Å². The van der Waals surface area contributed by atoms with E-state index >= 15 is 0 Å². The van der Waals surface area contributed by atoms with Gasteiger partial charge < -0.3 is 14.7 Å². The zero-order valence-electron chi connectivity index (χ0n) is 10.7. The van der Waals surface area contributed by atoms with Crippen LogP contribution in [0.4, 0.5) is 0 Å². The number of nitrogens with zero attached hydrogens (tertiary/aromatic N) is 1. The molecule has 1 aromatic rings. The number of amides is 1. The van der Waals surface area contributed by atoms with Crippen LogP contribution in [0.5, 0.6) is 5.75 Å². The number of aliphatic carboxylic acids is 1. The fourth-order valence-corrected chi connectivity index (χ4v) is 2.41. The van der Waals surface area contributed by atoms with Crippen molar-refractivity contribution in [3.8, 4) is 5.75 Å². The summed E-state index contributed by atoms with van der Waals surface area (Å²) in [5.74, 6) is -0.610. The molecule has 0 saturated carbocycles. The number of ether oxygens (including phenoxy) is 1. The SMILES string of the molecule is COc1ccsc1C(=O)N(CC(=O)O)CC(C)C. The number of carboxylic acid groups (broad SMARTS) is 1. The van der Waals surface area contributed by atoms with Crippen molar-refractivity contribution in [1.29, 1.82) is 0 Å². The normalized spacial score (nSPS) is 10.4. The van der Waals surface area contributed by atoms with Gasteiger partial charge in [-0.15, -0.1) is 11.3 Å². The highest BCUT2D eigenvalue weighted by Crippen LogP contribution is 2.26. The van der Waals surface area contributed by atoms with E-state index in [2.05, 4.69) is 0 Å². The lowest BCUT2D eigenvalue weighted by atomic mass is 10.2. The van der Waals surface area contributed by atoms with Crippen molar-refractivity contribution in [3.05, 3.63) is 16.3 Å². The number of carbonyl (C=O) groups is 2. The second-order valence-corrected chi connectivity index (χ2v) is 5.21. The van der Waals surface area contributed by atoms with Crippen molar-refractivity contribution < 1.29 is 19.4 Å². The second kappa shape index (κ2) is 6.39. The molecule has 1 amide bonds. The monoisotopic (exact) mass is 271 g/mol. The molecule has 0 aliphatic carbocycles. The summed E-state index contributed by atoms with van der Waals surface area (Å²) in [5.41, 5.74) is 0. The molecule has 0 radical (unpaired) electrons. The maximum atomic E-state index is 12.2. The van der Waals surface area contributed by atoms with Crippen LogP contribution in [-0.4, -0.2) is 42.1 Å². The lowest BCUT2D eigenvalue weighted by molar-refractivity contribution is -0.137. The molecule has 0 atom stereocenters. The predicted octanol–water partition coefficient (Wildman–Crippen LogP) is 1.94. The molecule has 0 spiro atoms. The van der Waals surface area contributed by atoms with Gasteiger partial charge in [0.15, 0.2) is 0 Å². The highest BCUT2D eigenvalue weighted by Gasteiger charge is 2.23. The van der Waals surface area contributed by atoms with Gasteiger partial charge in [-0.05, 0) is 17.4 Å². The molecule has 0 aromatic carbocycles. The van der Waals surface area contributed by atoms with Crippen LogP contribution in [0.25, 0.3) is 0 Å². The van der Waals surface area contributed by atoms with Gasteiger partial charge in [-0.25, -0.2) is 0 Å². The minimum Gasteiger partial charge on any atom is -0.495 e. The molecule has 1 N–H and O–H groups in total. The molecule has 1 rings (SSSR count). The molecule has 0 unspecified atom stereocenters. The van der Waals surface area contributed by atoms with Gasteiger partial charge >= 0.3 is 5.97 Å². The summed E-state index contributed by atoms with van der Waals surface area (Å²) in [7, 11) is 1.49. The molecule has 0 bridgehead atoms. The average molecular weight is 271 g/mol. The van der Waals surface area contributed by atoms with Crippen LogP contribution in [0.15, 0.2) is 11.4 Å². The van der Waals surface area contributed by atoms with Crippen LogP contribution in [0.3, 0.4) is 0 Å². The van der Waals surface area contributed by atoms with Crippen LogP contribution in [-0.2, 0) is 4.79 Å². The van der Waals surface area contributed by atoms with Gasteiger partial charge in [-0.2, -0.15) is 0 Å². The van der Waals surface area contributed by atoms with Crippen LogP contribution in [0.2, 0.25) is 0 Å². The van der Waals surface area contributed by atoms with Crippen LogP contribution in [0.1, 0.15) is 23.5 Å². The Morgan fingerprint density at radius 2 is 2.17 bits per heavy atom. The first-order valence-corrected chi connectivity index (χ1v) is 6.46. The van der Waals surface area contributed by atoms with Crippen molar-refractivity contribution in [3.63, 3.8) is 0 Å². The predicted molar refractivity (Wildman–Crippen MR) is 69.2 cm³/mol. The first-order chi connectivity index (χ1) is 8.45. The lowest BCUT2D eigenvalue weighted by Gasteiger charge is -2.22. The standard InChI is InChI=1S/C12H17NO4S/c1-8(2)6-13(7-10(14)15)12(16)11-9(17-3)4-5-18-11/h4-5,8H,6-7H2,1-3H3,(H,14,15). The molecule has 1 heterocycles. The van der Waals surface area contributed by atoms with Gasteiger partial charge in [0, 0.05) is 6.54 Å². The summed E-state index contributed by atoms with van der Waals surface area (Å²) in [6.45, 7) is 3.99. The first kappa shape index (κ1) is 14.5. The summed E-state index contributed by atoms with van der Waals surface area (Å²) < 4.78 is 5.08. The molecule has 0 saturated heterocycles. The Balaban J connectivity index is 2.91. The zero-order chi connectivity index (χ0) is 13.7. The van der Waals surface area contributed by atoms with Gasteiger partial charge in [0.25, 0.3) is 5.91 Å². The summed E-state index contributed by atoms with van der Waals surface area (Å²) >= 11 is 1.26. The number of carbonyl (C=O) groups excluding carboxylic acids is 1. The van der Waals surface area contributed by atoms with Crippen LogP contribution >= 0.6 is 11.3 Å². The summed E-state index contributed by atoms with van der Waals surface area (Å²) in [5, 5.41) is 10.6. The molecular formula is C12H17NO4S. The van der Waals surface area contributed by atoms with E-state index in [0.29, 0.717) is 17.2 Å². The minimum absolute atomic E-state index is 0.208. The van der Waals surface area contributed by atoms with Crippen molar-refractivity contribution in [2.75, 3.05) is 20.2 Å².